The highest BCUT2D eigenvalue weighted by molar-refractivity contribution is 5.02. The van der Waals surface area contributed by atoms with Gasteiger partial charge in [-0.05, 0) is 25.7 Å². The topological polar surface area (TPSA) is 0 Å². The van der Waals surface area contributed by atoms with Crippen LogP contribution < -0.4 is 0 Å². The fourth-order valence-electron chi connectivity index (χ4n) is 1.83. The number of unbranched alkanes of at least 4 members (excludes halogenated alkanes) is 9. The average Bonchev–Trinajstić information content (AvgIpc) is 2.35. The lowest BCUT2D eigenvalue weighted by atomic mass is 10.1. The molecule has 0 spiro atoms. The van der Waals surface area contributed by atoms with Crippen LogP contribution in [0.4, 0.5) is 0 Å². The van der Waals surface area contributed by atoms with Crippen molar-refractivity contribution < 1.29 is 0 Å². The summed E-state index contributed by atoms with van der Waals surface area (Å²) in [6, 6.07) is 0. The summed E-state index contributed by atoms with van der Waals surface area (Å²) in [6.07, 6.45) is 23.4. The van der Waals surface area contributed by atoms with Gasteiger partial charge in [0.2, 0.25) is 0 Å². The van der Waals surface area contributed by atoms with Gasteiger partial charge >= 0.3 is 0 Å². The van der Waals surface area contributed by atoms with Crippen LogP contribution in [0.2, 0.25) is 0 Å². The number of hydrogen-bond acceptors (Lipinski definition) is 0. The largest absolute Gasteiger partial charge is 0.0845 e. The second-order valence-electron chi connectivity index (χ2n) is 4.76. The maximum atomic E-state index is 3.86. The fourth-order valence-corrected chi connectivity index (χ4v) is 1.83. The van der Waals surface area contributed by atoms with E-state index in [1.165, 1.54) is 64.2 Å². The summed E-state index contributed by atoms with van der Waals surface area (Å²) < 4.78 is 0. The predicted molar refractivity (Wildman–Crippen MR) is 80.1 cm³/mol. The molecule has 0 heteroatoms. The average molecular weight is 235 g/mol. The summed E-state index contributed by atoms with van der Waals surface area (Å²) in [5, 5.41) is 0. The van der Waals surface area contributed by atoms with Crippen molar-refractivity contribution in [2.75, 3.05) is 0 Å². The zero-order chi connectivity index (χ0) is 12.6. The van der Waals surface area contributed by atoms with E-state index in [4.69, 9.17) is 0 Å². The van der Waals surface area contributed by atoms with Crippen LogP contribution in [0.15, 0.2) is 24.3 Å². The van der Waals surface area contributed by atoms with Gasteiger partial charge in [-0.1, -0.05) is 83.1 Å². The fraction of sp³-hybridized carbons (Fsp3) is 0.706. The Labute approximate surface area is 109 Å². The van der Waals surface area contributed by atoms with Gasteiger partial charge < -0.3 is 0 Å². The van der Waals surface area contributed by atoms with Crippen LogP contribution in [-0.4, -0.2) is 0 Å². The van der Waals surface area contributed by atoms with Crippen molar-refractivity contribution in [2.24, 2.45) is 0 Å². The summed E-state index contributed by atoms with van der Waals surface area (Å²) in [6.45, 7) is 6.12. The van der Waals surface area contributed by atoms with Crippen molar-refractivity contribution in [1.29, 1.82) is 0 Å². The predicted octanol–water partition coefficient (Wildman–Crippen LogP) is 6.24. The SMILES string of the molecule is [CH2]CCCCCCC=CC=CCCCCCC. The summed E-state index contributed by atoms with van der Waals surface area (Å²) in [4.78, 5) is 0. The van der Waals surface area contributed by atoms with Crippen molar-refractivity contribution in [2.45, 2.75) is 77.6 Å². The van der Waals surface area contributed by atoms with Crippen molar-refractivity contribution in [1.82, 2.24) is 0 Å². The first kappa shape index (κ1) is 16.5. The van der Waals surface area contributed by atoms with Crippen LogP contribution >= 0.6 is 0 Å². The highest BCUT2D eigenvalue weighted by atomic mass is 13.9. The third-order valence-corrected chi connectivity index (χ3v) is 2.98. The molecule has 17 heavy (non-hydrogen) atoms. The first-order valence-electron chi connectivity index (χ1n) is 7.52. The first-order valence-corrected chi connectivity index (χ1v) is 7.52. The van der Waals surface area contributed by atoms with E-state index in [0.29, 0.717) is 0 Å². The molecule has 0 aromatic carbocycles. The van der Waals surface area contributed by atoms with E-state index in [1.807, 2.05) is 0 Å². The smallest absolute Gasteiger partial charge is 0.0348 e. The first-order chi connectivity index (χ1) is 8.41. The zero-order valence-electron chi connectivity index (χ0n) is 11.8. The van der Waals surface area contributed by atoms with Crippen LogP contribution in [0.25, 0.3) is 0 Å². The molecule has 0 bridgehead atoms. The lowest BCUT2D eigenvalue weighted by Crippen LogP contribution is -1.75. The molecule has 0 nitrogen and oxygen atoms in total. The standard InChI is InChI=1S/C17H31/c1-3-5-7-9-11-13-15-17-16-14-12-10-8-6-4-2/h14-17H,1,3-13H2,2H3. The Hall–Kier alpha value is -0.520. The summed E-state index contributed by atoms with van der Waals surface area (Å²) in [5.41, 5.74) is 0. The molecular formula is C17H31. The Balaban J connectivity index is 3.15. The minimum atomic E-state index is 1.09. The van der Waals surface area contributed by atoms with Gasteiger partial charge in [0.1, 0.15) is 0 Å². The Morgan fingerprint density at radius 2 is 1.24 bits per heavy atom. The van der Waals surface area contributed by atoms with Crippen LogP contribution in [-0.2, 0) is 0 Å². The molecule has 0 amide bonds. The normalized spacial score (nSPS) is 11.9. The maximum Gasteiger partial charge on any atom is -0.0348 e. The molecule has 0 unspecified atom stereocenters. The van der Waals surface area contributed by atoms with Gasteiger partial charge in [0.05, 0.1) is 0 Å². The molecule has 0 aromatic rings. The van der Waals surface area contributed by atoms with Gasteiger partial charge in [-0.2, -0.15) is 0 Å². The third kappa shape index (κ3) is 15.5. The van der Waals surface area contributed by atoms with E-state index in [0.717, 1.165) is 6.42 Å². The molecule has 0 aliphatic rings. The Kier molecular flexibility index (Phi) is 15.0. The monoisotopic (exact) mass is 235 g/mol. The molecule has 0 fully saturated rings. The lowest BCUT2D eigenvalue weighted by Gasteiger charge is -1.95. The minimum Gasteiger partial charge on any atom is -0.0845 e. The quantitative estimate of drug-likeness (QED) is 0.277. The molecule has 0 aliphatic heterocycles. The highest BCUT2D eigenvalue weighted by Crippen LogP contribution is 2.05. The van der Waals surface area contributed by atoms with Crippen LogP contribution in [0.1, 0.15) is 77.6 Å². The second kappa shape index (κ2) is 15.5. The van der Waals surface area contributed by atoms with E-state index in [1.54, 1.807) is 0 Å². The van der Waals surface area contributed by atoms with Crippen molar-refractivity contribution in [3.05, 3.63) is 31.2 Å². The van der Waals surface area contributed by atoms with E-state index < -0.39 is 0 Å². The molecule has 0 atom stereocenters. The summed E-state index contributed by atoms with van der Waals surface area (Å²) in [7, 11) is 0. The Morgan fingerprint density at radius 3 is 1.76 bits per heavy atom. The molecule has 1 radical (unpaired) electrons. The maximum absolute atomic E-state index is 3.86. The van der Waals surface area contributed by atoms with E-state index in [2.05, 4.69) is 38.2 Å². The van der Waals surface area contributed by atoms with Crippen LogP contribution in [0.3, 0.4) is 0 Å². The molecular weight excluding hydrogens is 204 g/mol. The van der Waals surface area contributed by atoms with Gasteiger partial charge in [-0.3, -0.25) is 0 Å². The van der Waals surface area contributed by atoms with Gasteiger partial charge in [-0.15, -0.1) is 0 Å². The number of hydrogen-bond donors (Lipinski definition) is 0. The zero-order valence-corrected chi connectivity index (χ0v) is 11.8. The molecule has 0 saturated heterocycles. The molecule has 0 aliphatic carbocycles. The number of rotatable bonds is 12. The van der Waals surface area contributed by atoms with Gasteiger partial charge in [-0.25, -0.2) is 0 Å². The van der Waals surface area contributed by atoms with Gasteiger partial charge in [0, 0.05) is 0 Å². The molecule has 0 aromatic heterocycles. The Bertz CT molecular complexity index is 176. The summed E-state index contributed by atoms with van der Waals surface area (Å²) in [5.74, 6) is 0. The molecule has 0 saturated carbocycles. The molecule has 99 valence electrons. The van der Waals surface area contributed by atoms with Crippen molar-refractivity contribution >= 4 is 0 Å². The van der Waals surface area contributed by atoms with Gasteiger partial charge in [0.15, 0.2) is 0 Å². The molecule has 0 heterocycles. The molecule has 0 N–H and O–H groups in total. The second-order valence-corrected chi connectivity index (χ2v) is 4.76. The van der Waals surface area contributed by atoms with E-state index in [-0.39, 0.29) is 0 Å². The van der Waals surface area contributed by atoms with E-state index >= 15 is 0 Å². The van der Waals surface area contributed by atoms with Crippen LogP contribution in [0.5, 0.6) is 0 Å². The lowest BCUT2D eigenvalue weighted by molar-refractivity contribution is 0.651. The van der Waals surface area contributed by atoms with E-state index in [9.17, 15) is 0 Å². The Morgan fingerprint density at radius 1 is 0.706 bits per heavy atom. The number of allylic oxidation sites excluding steroid dienone is 4. The van der Waals surface area contributed by atoms with Crippen molar-refractivity contribution in [3.8, 4) is 0 Å². The summed E-state index contributed by atoms with van der Waals surface area (Å²) >= 11 is 0. The molecule has 0 rings (SSSR count). The van der Waals surface area contributed by atoms with Crippen molar-refractivity contribution in [3.63, 3.8) is 0 Å². The highest BCUT2D eigenvalue weighted by Gasteiger charge is 1.86. The minimum absolute atomic E-state index is 1.09. The van der Waals surface area contributed by atoms with Gasteiger partial charge in [0.25, 0.3) is 0 Å². The van der Waals surface area contributed by atoms with Crippen LogP contribution in [0, 0.1) is 6.92 Å². The third-order valence-electron chi connectivity index (χ3n) is 2.98.